The molecule has 43 heavy (non-hydrogen) atoms. The molecule has 4 aliphatic carbocycles. The number of hydrogen-bond donors (Lipinski definition) is 0. The highest BCUT2D eigenvalue weighted by Gasteiger charge is 2.52. The smallest absolute Gasteiger partial charge is 0.189 e. The fourth-order valence-corrected chi connectivity index (χ4v) is 9.13. The van der Waals surface area contributed by atoms with E-state index in [-0.39, 0.29) is 24.6 Å². The number of ether oxygens (including phenoxy) is 4. The quantitative estimate of drug-likeness (QED) is 0.155. The second-order valence-electron chi connectivity index (χ2n) is 13.6. The third-order valence-corrected chi connectivity index (χ3v) is 10.8. The van der Waals surface area contributed by atoms with Crippen molar-refractivity contribution in [2.45, 2.75) is 62.7 Å². The molecule has 0 atom stereocenters. The molecule has 0 unspecified atom stereocenters. The molecule has 0 radical (unpaired) electrons. The minimum atomic E-state index is 0. The number of para-hydroxylation sites is 1. The Hall–Kier alpha value is -2.31. The van der Waals surface area contributed by atoms with Gasteiger partial charge < -0.3 is 18.9 Å². The lowest BCUT2D eigenvalue weighted by Gasteiger charge is -2.57. The van der Waals surface area contributed by atoms with E-state index < -0.39 is 0 Å². The number of fused-ring (bicyclic) bond motifs is 1. The maximum absolute atomic E-state index is 6.41. The van der Waals surface area contributed by atoms with Gasteiger partial charge in [-0.1, -0.05) is 36.4 Å². The lowest BCUT2D eigenvalue weighted by atomic mass is 9.48. The number of hydrogen-bond acceptors (Lipinski definition) is 5. The van der Waals surface area contributed by atoms with E-state index in [1.807, 2.05) is 30.3 Å². The Balaban J connectivity index is 0.00000329. The van der Waals surface area contributed by atoms with Gasteiger partial charge in [0.15, 0.2) is 6.79 Å². The van der Waals surface area contributed by atoms with Crippen LogP contribution in [0.1, 0.15) is 68.4 Å². The Morgan fingerprint density at radius 1 is 0.767 bits per heavy atom. The molecule has 3 aromatic carbocycles. The third-order valence-electron chi connectivity index (χ3n) is 10.8. The molecule has 5 nitrogen and oxygen atoms in total. The zero-order chi connectivity index (χ0) is 28.4. The summed E-state index contributed by atoms with van der Waals surface area (Å²) >= 11 is 0. The zero-order valence-corrected chi connectivity index (χ0v) is 26.5. The van der Waals surface area contributed by atoms with Crippen molar-refractivity contribution < 1.29 is 18.9 Å². The van der Waals surface area contributed by atoms with Gasteiger partial charge in [-0.05, 0) is 134 Å². The lowest BCUT2D eigenvalue weighted by Crippen LogP contribution is -2.48. The average Bonchev–Trinajstić information content (AvgIpc) is 3.00. The first kappa shape index (κ1) is 30.7. The lowest BCUT2D eigenvalue weighted by molar-refractivity contribution is -0.0188. The highest BCUT2D eigenvalue weighted by Crippen LogP contribution is 2.62. The molecule has 232 valence electrons. The predicted octanol–water partition coefficient (Wildman–Crippen LogP) is 7.99. The Kier molecular flexibility index (Phi) is 9.83. The number of piperidine rings is 1. The molecule has 4 bridgehead atoms. The number of rotatable bonds is 12. The molecule has 0 amide bonds. The largest absolute Gasteiger partial charge is 0.492 e. The Morgan fingerprint density at radius 2 is 1.49 bits per heavy atom. The second-order valence-corrected chi connectivity index (χ2v) is 13.6. The molecule has 1 saturated heterocycles. The molecule has 8 rings (SSSR count). The van der Waals surface area contributed by atoms with E-state index >= 15 is 0 Å². The van der Waals surface area contributed by atoms with Gasteiger partial charge in [-0.2, -0.15) is 0 Å². The van der Waals surface area contributed by atoms with Crippen LogP contribution in [0.15, 0.2) is 60.7 Å². The molecular weight excluding hydrogens is 558 g/mol. The van der Waals surface area contributed by atoms with Crippen molar-refractivity contribution in [3.63, 3.8) is 0 Å². The van der Waals surface area contributed by atoms with Gasteiger partial charge in [0, 0.05) is 19.2 Å². The molecule has 0 aromatic heterocycles. The Labute approximate surface area is 263 Å². The van der Waals surface area contributed by atoms with E-state index in [0.29, 0.717) is 19.1 Å². The monoisotopic (exact) mass is 605 g/mol. The molecule has 5 aliphatic rings. The van der Waals surface area contributed by atoms with Gasteiger partial charge in [0.1, 0.15) is 18.1 Å². The summed E-state index contributed by atoms with van der Waals surface area (Å²) in [5, 5.41) is 2.65. The maximum Gasteiger partial charge on any atom is 0.189 e. The molecule has 3 aromatic rings. The van der Waals surface area contributed by atoms with Crippen LogP contribution in [0, 0.1) is 17.8 Å². The van der Waals surface area contributed by atoms with E-state index in [0.717, 1.165) is 55.5 Å². The van der Waals surface area contributed by atoms with Gasteiger partial charge in [0.2, 0.25) is 0 Å². The van der Waals surface area contributed by atoms with Crippen molar-refractivity contribution in [2.75, 3.05) is 53.4 Å². The molecule has 1 aliphatic heterocycles. The summed E-state index contributed by atoms with van der Waals surface area (Å²) in [7, 11) is 1.71. The van der Waals surface area contributed by atoms with Gasteiger partial charge in [0.25, 0.3) is 0 Å². The molecule has 0 N–H and O–H groups in total. The van der Waals surface area contributed by atoms with Crippen LogP contribution in [0.5, 0.6) is 11.5 Å². The van der Waals surface area contributed by atoms with Crippen molar-refractivity contribution in [1.82, 2.24) is 4.90 Å². The van der Waals surface area contributed by atoms with Gasteiger partial charge in [-0.15, -0.1) is 12.4 Å². The fourth-order valence-electron chi connectivity index (χ4n) is 9.13. The molecule has 5 fully saturated rings. The standard InChI is InChI=1S/C37H47NO4.ClH/c1-39-15-16-40-26-42-36-22-32-8-7-31(30-9-11-38(12-10-30)13-14-41-34-5-3-2-4-6-34)20-33(32)21-35(36)37-23-27-17-28(24-37)19-29(18-27)25-37;/h2-8,20-22,27-30H,9-19,23-26H2,1H3;1H. The van der Waals surface area contributed by atoms with Gasteiger partial charge >= 0.3 is 0 Å². The van der Waals surface area contributed by atoms with E-state index in [1.165, 1.54) is 73.3 Å². The van der Waals surface area contributed by atoms with Crippen molar-refractivity contribution in [3.8, 4) is 11.5 Å². The van der Waals surface area contributed by atoms with Gasteiger partial charge in [-0.3, -0.25) is 4.90 Å². The summed E-state index contributed by atoms with van der Waals surface area (Å²) < 4.78 is 23.3. The first-order chi connectivity index (χ1) is 20.7. The van der Waals surface area contributed by atoms with E-state index in [1.54, 1.807) is 7.11 Å². The molecule has 1 heterocycles. The number of nitrogens with zero attached hydrogens (tertiary/aromatic N) is 1. The van der Waals surface area contributed by atoms with Crippen LogP contribution in [0.4, 0.5) is 0 Å². The van der Waals surface area contributed by atoms with Crippen molar-refractivity contribution in [3.05, 3.63) is 71.8 Å². The minimum absolute atomic E-state index is 0. The summed E-state index contributed by atoms with van der Waals surface area (Å²) in [6.45, 7) is 5.43. The van der Waals surface area contributed by atoms with Crippen LogP contribution in [-0.4, -0.2) is 58.3 Å². The second kappa shape index (κ2) is 13.8. The fraction of sp³-hybridized carbons (Fsp3) is 0.568. The minimum Gasteiger partial charge on any atom is -0.492 e. The zero-order valence-electron chi connectivity index (χ0n) is 25.7. The maximum atomic E-state index is 6.41. The summed E-state index contributed by atoms with van der Waals surface area (Å²) in [6.07, 6.45) is 10.8. The van der Waals surface area contributed by atoms with Crippen LogP contribution in [0.3, 0.4) is 0 Å². The van der Waals surface area contributed by atoms with Crippen LogP contribution in [-0.2, 0) is 14.9 Å². The number of halogens is 1. The van der Waals surface area contributed by atoms with Crippen molar-refractivity contribution in [1.29, 1.82) is 0 Å². The molecule has 4 saturated carbocycles. The van der Waals surface area contributed by atoms with Crippen LogP contribution < -0.4 is 9.47 Å². The van der Waals surface area contributed by atoms with Crippen LogP contribution in [0.25, 0.3) is 10.8 Å². The Bertz CT molecular complexity index is 1300. The first-order valence-electron chi connectivity index (χ1n) is 16.4. The number of methoxy groups -OCH3 is 1. The van der Waals surface area contributed by atoms with Crippen LogP contribution in [0.2, 0.25) is 0 Å². The Morgan fingerprint density at radius 3 is 2.19 bits per heavy atom. The molecular formula is C37H48ClNO4. The first-order valence-corrected chi connectivity index (χ1v) is 16.4. The summed E-state index contributed by atoms with van der Waals surface area (Å²) in [5.41, 5.74) is 3.22. The van der Waals surface area contributed by atoms with Crippen molar-refractivity contribution in [2.24, 2.45) is 17.8 Å². The van der Waals surface area contributed by atoms with Gasteiger partial charge in [-0.25, -0.2) is 0 Å². The molecule has 0 spiro atoms. The summed E-state index contributed by atoms with van der Waals surface area (Å²) in [6, 6.07) is 22.2. The van der Waals surface area contributed by atoms with Crippen molar-refractivity contribution >= 4 is 23.2 Å². The molecule has 6 heteroatoms. The number of benzene rings is 3. The van der Waals surface area contributed by atoms with E-state index in [4.69, 9.17) is 18.9 Å². The number of likely N-dealkylation sites (tertiary alicyclic amines) is 1. The SMILES string of the molecule is COCCOCOc1cc2ccc(C3CCN(CCOc4ccccc4)CC3)cc2cc1C12CC3CC(CC(C3)C1)C2.Cl. The predicted molar refractivity (Wildman–Crippen MR) is 175 cm³/mol. The summed E-state index contributed by atoms with van der Waals surface area (Å²) in [4.78, 5) is 2.56. The van der Waals surface area contributed by atoms with E-state index in [9.17, 15) is 0 Å². The summed E-state index contributed by atoms with van der Waals surface area (Å²) in [5.74, 6) is 5.31. The highest BCUT2D eigenvalue weighted by atomic mass is 35.5. The highest BCUT2D eigenvalue weighted by molar-refractivity contribution is 5.86. The third kappa shape index (κ3) is 6.86. The van der Waals surface area contributed by atoms with Gasteiger partial charge in [0.05, 0.1) is 13.2 Å². The van der Waals surface area contributed by atoms with Crippen LogP contribution >= 0.6 is 12.4 Å². The average molecular weight is 606 g/mol. The topological polar surface area (TPSA) is 40.2 Å². The van der Waals surface area contributed by atoms with E-state index in [2.05, 4.69) is 35.2 Å². The normalized spacial score (nSPS) is 26.9.